The van der Waals surface area contributed by atoms with Gasteiger partial charge >= 0.3 is 0 Å². The van der Waals surface area contributed by atoms with Gasteiger partial charge in [-0.1, -0.05) is 0 Å². The monoisotopic (exact) mass is 434 g/mol. The molecule has 0 radical (unpaired) electrons. The molecule has 0 bridgehead atoms. The van der Waals surface area contributed by atoms with Crippen molar-refractivity contribution >= 4 is 37.3 Å². The first-order valence-corrected chi connectivity index (χ1v) is 13.0. The van der Waals surface area contributed by atoms with E-state index in [1.54, 1.807) is 0 Å². The lowest BCUT2D eigenvalue weighted by Gasteiger charge is -2.37. The molecule has 2 aromatic rings. The first kappa shape index (κ1) is 19.4. The van der Waals surface area contributed by atoms with Crippen LogP contribution in [-0.4, -0.2) is 77.8 Å². The molecule has 2 saturated heterocycles. The third-order valence-electron chi connectivity index (χ3n) is 6.45. The lowest BCUT2D eigenvalue weighted by Crippen LogP contribution is -2.52. The number of carbonyl (C=O) groups excluding carboxylic acids is 1. The fourth-order valence-corrected chi connectivity index (χ4v) is 7.55. The quantitative estimate of drug-likeness (QED) is 0.736. The fraction of sp³-hybridized carbons (Fsp3) is 0.650. The van der Waals surface area contributed by atoms with Gasteiger partial charge in [0.2, 0.25) is 0 Å². The highest BCUT2D eigenvalue weighted by molar-refractivity contribution is 7.91. The van der Waals surface area contributed by atoms with Crippen LogP contribution in [0.1, 0.15) is 51.9 Å². The van der Waals surface area contributed by atoms with Gasteiger partial charge in [0.05, 0.1) is 22.1 Å². The minimum Gasteiger partial charge on any atom is -0.335 e. The van der Waals surface area contributed by atoms with Gasteiger partial charge in [-0.15, -0.1) is 11.3 Å². The molecule has 1 amide bonds. The number of rotatable bonds is 3. The molecule has 0 aromatic carbocycles. The number of amides is 1. The molecule has 156 valence electrons. The first-order chi connectivity index (χ1) is 13.8. The summed E-state index contributed by atoms with van der Waals surface area (Å²) in [6, 6.07) is 0.113. The van der Waals surface area contributed by atoms with E-state index in [4.69, 9.17) is 4.98 Å². The van der Waals surface area contributed by atoms with Crippen molar-refractivity contribution in [3.63, 3.8) is 0 Å². The van der Waals surface area contributed by atoms with Gasteiger partial charge in [0.15, 0.2) is 9.84 Å². The Kier molecular flexibility index (Phi) is 4.67. The van der Waals surface area contributed by atoms with Crippen LogP contribution in [0, 0.1) is 13.8 Å². The van der Waals surface area contributed by atoms with Gasteiger partial charge in [-0.25, -0.2) is 18.4 Å². The highest BCUT2D eigenvalue weighted by Crippen LogP contribution is 2.40. The number of nitrogens with zero attached hydrogens (tertiary/aromatic N) is 4. The van der Waals surface area contributed by atoms with E-state index in [0.717, 1.165) is 58.1 Å². The Hall–Kier alpha value is -1.58. The minimum absolute atomic E-state index is 0.0663. The van der Waals surface area contributed by atoms with Gasteiger partial charge in [0.1, 0.15) is 10.7 Å². The average Bonchev–Trinajstić information content (AvgIpc) is 3.40. The van der Waals surface area contributed by atoms with E-state index < -0.39 is 9.84 Å². The highest BCUT2D eigenvalue weighted by atomic mass is 32.2. The van der Waals surface area contributed by atoms with E-state index in [-0.39, 0.29) is 17.7 Å². The summed E-state index contributed by atoms with van der Waals surface area (Å²) in [7, 11) is -2.88. The van der Waals surface area contributed by atoms with Crippen LogP contribution in [0.5, 0.6) is 0 Å². The van der Waals surface area contributed by atoms with Crippen molar-refractivity contribution in [2.75, 3.05) is 37.7 Å². The van der Waals surface area contributed by atoms with Crippen LogP contribution in [0.2, 0.25) is 0 Å². The van der Waals surface area contributed by atoms with Gasteiger partial charge in [-0.2, -0.15) is 0 Å². The predicted octanol–water partition coefficient (Wildman–Crippen LogP) is 2.13. The van der Waals surface area contributed by atoms with Crippen LogP contribution in [0.4, 0.5) is 0 Å². The van der Waals surface area contributed by atoms with Crippen LogP contribution < -0.4 is 0 Å². The van der Waals surface area contributed by atoms with Crippen molar-refractivity contribution < 1.29 is 13.2 Å². The number of piperazine rings is 1. The number of hydrogen-bond acceptors (Lipinski definition) is 7. The summed E-state index contributed by atoms with van der Waals surface area (Å²) in [5.41, 5.74) is 1.95. The lowest BCUT2D eigenvalue weighted by molar-refractivity contribution is 0.0592. The third kappa shape index (κ3) is 3.57. The zero-order chi connectivity index (χ0) is 20.3. The van der Waals surface area contributed by atoms with Crippen LogP contribution in [-0.2, 0) is 9.84 Å². The topological polar surface area (TPSA) is 83.5 Å². The zero-order valence-electron chi connectivity index (χ0n) is 16.8. The van der Waals surface area contributed by atoms with Gasteiger partial charge in [0.25, 0.3) is 5.91 Å². The van der Waals surface area contributed by atoms with Crippen molar-refractivity contribution in [3.8, 4) is 0 Å². The van der Waals surface area contributed by atoms with Crippen molar-refractivity contribution in [2.45, 2.75) is 45.1 Å². The molecule has 1 saturated carbocycles. The minimum atomic E-state index is -2.88. The average molecular weight is 435 g/mol. The van der Waals surface area contributed by atoms with E-state index in [1.807, 2.05) is 18.7 Å². The lowest BCUT2D eigenvalue weighted by atomic mass is 10.1. The van der Waals surface area contributed by atoms with Crippen LogP contribution in [0.15, 0.2) is 0 Å². The second kappa shape index (κ2) is 6.99. The smallest absolute Gasteiger partial charge is 0.264 e. The maximum Gasteiger partial charge on any atom is 0.264 e. The highest BCUT2D eigenvalue weighted by Gasteiger charge is 2.35. The number of sulfone groups is 1. The van der Waals surface area contributed by atoms with Gasteiger partial charge in [-0.3, -0.25) is 9.69 Å². The Morgan fingerprint density at radius 3 is 2.41 bits per heavy atom. The number of fused-ring (bicyclic) bond motifs is 1. The van der Waals surface area contributed by atoms with E-state index in [0.29, 0.717) is 31.2 Å². The summed E-state index contributed by atoms with van der Waals surface area (Å²) in [4.78, 5) is 28.5. The standard InChI is InChI=1S/C20H26N4O3S2/c1-12-16-13(2)21-18(14-3-4-14)22-19(16)28-17(12)20(25)24-8-6-23(7-9-24)15-5-10-29(26,27)11-15/h14-15H,3-11H2,1-2H3. The van der Waals surface area contributed by atoms with Gasteiger partial charge < -0.3 is 4.90 Å². The van der Waals surface area contributed by atoms with Crippen molar-refractivity contribution in [2.24, 2.45) is 0 Å². The van der Waals surface area contributed by atoms with Crippen molar-refractivity contribution in [1.82, 2.24) is 19.8 Å². The maximum absolute atomic E-state index is 13.2. The number of thiophene rings is 1. The summed E-state index contributed by atoms with van der Waals surface area (Å²) in [5.74, 6) is 2.04. The number of hydrogen-bond donors (Lipinski definition) is 0. The molecule has 3 aliphatic rings. The zero-order valence-corrected chi connectivity index (χ0v) is 18.5. The Morgan fingerprint density at radius 2 is 1.79 bits per heavy atom. The molecule has 9 heteroatoms. The van der Waals surface area contributed by atoms with Crippen molar-refractivity contribution in [3.05, 3.63) is 22.0 Å². The fourth-order valence-electron chi connectivity index (χ4n) is 4.59. The molecule has 2 aliphatic heterocycles. The van der Waals surface area contributed by atoms with Crippen LogP contribution in [0.3, 0.4) is 0 Å². The molecule has 2 aromatic heterocycles. The second-order valence-corrected chi connectivity index (χ2v) is 11.8. The molecule has 1 unspecified atom stereocenters. The summed E-state index contributed by atoms with van der Waals surface area (Å²) in [5, 5.41) is 1.03. The molecule has 0 N–H and O–H groups in total. The largest absolute Gasteiger partial charge is 0.335 e. The van der Waals surface area contributed by atoms with E-state index in [2.05, 4.69) is 9.88 Å². The molecule has 7 nitrogen and oxygen atoms in total. The second-order valence-electron chi connectivity index (χ2n) is 8.56. The Labute approximate surface area is 175 Å². The number of carbonyl (C=O) groups is 1. The molecule has 1 aliphatic carbocycles. The maximum atomic E-state index is 13.2. The molecule has 4 heterocycles. The first-order valence-electron chi connectivity index (χ1n) is 10.3. The summed E-state index contributed by atoms with van der Waals surface area (Å²) < 4.78 is 23.5. The summed E-state index contributed by atoms with van der Waals surface area (Å²) in [6.45, 7) is 6.76. The molecular formula is C20H26N4O3S2. The van der Waals surface area contributed by atoms with Crippen molar-refractivity contribution in [1.29, 1.82) is 0 Å². The van der Waals surface area contributed by atoms with Gasteiger partial charge in [0, 0.05) is 43.5 Å². The normalized spacial score (nSPS) is 25.0. The molecule has 1 atom stereocenters. The molecule has 29 heavy (non-hydrogen) atoms. The Balaban J connectivity index is 1.33. The summed E-state index contributed by atoms with van der Waals surface area (Å²) >= 11 is 1.49. The van der Waals surface area contributed by atoms with Crippen LogP contribution >= 0.6 is 11.3 Å². The van der Waals surface area contributed by atoms with E-state index >= 15 is 0 Å². The van der Waals surface area contributed by atoms with Gasteiger partial charge in [-0.05, 0) is 38.7 Å². The van der Waals surface area contributed by atoms with E-state index in [1.165, 1.54) is 11.3 Å². The third-order valence-corrected chi connectivity index (χ3v) is 9.38. The Morgan fingerprint density at radius 1 is 1.07 bits per heavy atom. The SMILES string of the molecule is Cc1nc(C2CC2)nc2sc(C(=O)N3CCN(C4CCS(=O)(=O)C4)CC3)c(C)c12. The summed E-state index contributed by atoms with van der Waals surface area (Å²) in [6.07, 6.45) is 3.04. The molecule has 3 fully saturated rings. The molecular weight excluding hydrogens is 408 g/mol. The number of aromatic nitrogens is 2. The molecule has 0 spiro atoms. The Bertz CT molecular complexity index is 1080. The molecule has 5 rings (SSSR count). The number of aryl methyl sites for hydroxylation is 2. The predicted molar refractivity (Wildman–Crippen MR) is 113 cm³/mol. The van der Waals surface area contributed by atoms with Crippen LogP contribution in [0.25, 0.3) is 10.2 Å². The van der Waals surface area contributed by atoms with E-state index in [9.17, 15) is 13.2 Å².